The Balaban J connectivity index is 0.00000169. The molecule has 0 fully saturated rings. The molecule has 1 aromatic rings. The van der Waals surface area contributed by atoms with Crippen LogP contribution in [0.5, 0.6) is 11.5 Å². The van der Waals surface area contributed by atoms with Crippen molar-refractivity contribution in [1.82, 2.24) is 0 Å². The molecule has 0 aliphatic carbocycles. The predicted molar refractivity (Wildman–Crippen MR) is 55.9 cm³/mol. The molecule has 0 radical (unpaired) electrons. The summed E-state index contributed by atoms with van der Waals surface area (Å²) in [6.45, 7) is -0.131. The lowest BCUT2D eigenvalue weighted by atomic mass is 10.1. The molecule has 1 aromatic carbocycles. The van der Waals surface area contributed by atoms with Crippen LogP contribution in [0.15, 0.2) is 18.2 Å². The highest BCUT2D eigenvalue weighted by atomic mass is 35.5. The summed E-state index contributed by atoms with van der Waals surface area (Å²) in [5.74, 6) is 0.429. The van der Waals surface area contributed by atoms with Crippen LogP contribution in [0.25, 0.3) is 0 Å². The molecule has 14 heavy (non-hydrogen) atoms. The quantitative estimate of drug-likeness (QED) is 0.704. The first-order chi connectivity index (χ1) is 6.19. The van der Waals surface area contributed by atoms with E-state index in [9.17, 15) is 5.11 Å². The minimum Gasteiger partial charge on any atom is -0.504 e. The number of ether oxygens (including phenoxy) is 1. The van der Waals surface area contributed by atoms with Crippen molar-refractivity contribution >= 4 is 12.4 Å². The fraction of sp³-hybridized carbons (Fsp3) is 0.333. The summed E-state index contributed by atoms with van der Waals surface area (Å²) in [5.41, 5.74) is 6.31. The lowest BCUT2D eigenvalue weighted by molar-refractivity contribution is 0.267. The minimum absolute atomic E-state index is 0. The van der Waals surface area contributed by atoms with Gasteiger partial charge in [0.1, 0.15) is 0 Å². The van der Waals surface area contributed by atoms with E-state index in [0.717, 1.165) is 5.56 Å². The van der Waals surface area contributed by atoms with Crippen LogP contribution in [0.4, 0.5) is 0 Å². The number of hydrogen-bond donors (Lipinski definition) is 3. The topological polar surface area (TPSA) is 75.7 Å². The Bertz CT molecular complexity index is 293. The standard InChI is InChI=1S/C9H13NO3.ClH/c1-13-9-4-6(7(10)5-11)2-3-8(9)12;/h2-4,7,11-12H,5,10H2,1H3;1H/t7-;/m0./s1. The van der Waals surface area contributed by atoms with E-state index in [0.29, 0.717) is 5.75 Å². The van der Waals surface area contributed by atoms with E-state index >= 15 is 0 Å². The smallest absolute Gasteiger partial charge is 0.160 e. The molecular weight excluding hydrogens is 206 g/mol. The van der Waals surface area contributed by atoms with E-state index in [-0.39, 0.29) is 24.8 Å². The molecule has 0 spiro atoms. The molecule has 0 amide bonds. The van der Waals surface area contributed by atoms with Crippen LogP contribution in [-0.2, 0) is 0 Å². The van der Waals surface area contributed by atoms with Crippen molar-refractivity contribution in [1.29, 1.82) is 0 Å². The summed E-state index contributed by atoms with van der Waals surface area (Å²) in [5, 5.41) is 18.1. The number of halogens is 1. The van der Waals surface area contributed by atoms with Crippen LogP contribution >= 0.6 is 12.4 Å². The molecule has 0 saturated carbocycles. The molecule has 80 valence electrons. The molecule has 0 bridgehead atoms. The van der Waals surface area contributed by atoms with Gasteiger partial charge in [0.25, 0.3) is 0 Å². The number of phenols is 1. The number of rotatable bonds is 3. The van der Waals surface area contributed by atoms with Gasteiger partial charge in [-0.3, -0.25) is 0 Å². The van der Waals surface area contributed by atoms with Crippen molar-refractivity contribution in [3.63, 3.8) is 0 Å². The lowest BCUT2D eigenvalue weighted by Crippen LogP contribution is -2.14. The summed E-state index contributed by atoms with van der Waals surface area (Å²) in [4.78, 5) is 0. The van der Waals surface area contributed by atoms with E-state index in [4.69, 9.17) is 15.6 Å². The van der Waals surface area contributed by atoms with Crippen molar-refractivity contribution < 1.29 is 14.9 Å². The van der Waals surface area contributed by atoms with Gasteiger partial charge in [0.15, 0.2) is 11.5 Å². The second-order valence-electron chi connectivity index (χ2n) is 2.72. The van der Waals surface area contributed by atoms with E-state index in [1.54, 1.807) is 12.1 Å². The van der Waals surface area contributed by atoms with Crippen molar-refractivity contribution in [3.05, 3.63) is 23.8 Å². The highest BCUT2D eigenvalue weighted by Gasteiger charge is 2.07. The third-order valence-corrected chi connectivity index (χ3v) is 1.83. The Labute approximate surface area is 88.7 Å². The van der Waals surface area contributed by atoms with E-state index < -0.39 is 6.04 Å². The van der Waals surface area contributed by atoms with Crippen LogP contribution in [0.1, 0.15) is 11.6 Å². The first-order valence-corrected chi connectivity index (χ1v) is 3.92. The largest absolute Gasteiger partial charge is 0.504 e. The van der Waals surface area contributed by atoms with Crippen molar-refractivity contribution in [2.24, 2.45) is 5.73 Å². The predicted octanol–water partition coefficient (Wildman–Crippen LogP) is 0.815. The Morgan fingerprint density at radius 2 is 2.14 bits per heavy atom. The Kier molecular flexibility index (Phi) is 5.30. The summed E-state index contributed by atoms with van der Waals surface area (Å²) in [6, 6.07) is 4.31. The van der Waals surface area contributed by atoms with E-state index in [1.807, 2.05) is 0 Å². The maximum atomic E-state index is 9.26. The zero-order valence-electron chi connectivity index (χ0n) is 7.80. The second kappa shape index (κ2) is 5.70. The van der Waals surface area contributed by atoms with Gasteiger partial charge in [0.2, 0.25) is 0 Å². The normalized spacial score (nSPS) is 11.6. The fourth-order valence-corrected chi connectivity index (χ4v) is 1.03. The summed E-state index contributed by atoms with van der Waals surface area (Å²) in [7, 11) is 1.46. The molecule has 0 heterocycles. The SMILES string of the molecule is COc1cc([C@@H](N)CO)ccc1O.Cl. The van der Waals surface area contributed by atoms with Crippen LogP contribution < -0.4 is 10.5 Å². The molecule has 0 saturated heterocycles. The number of nitrogens with two attached hydrogens (primary N) is 1. The highest BCUT2D eigenvalue weighted by Crippen LogP contribution is 2.27. The monoisotopic (exact) mass is 219 g/mol. The molecule has 5 heteroatoms. The van der Waals surface area contributed by atoms with Crippen LogP contribution in [0, 0.1) is 0 Å². The molecular formula is C9H14ClNO3. The first kappa shape index (κ1) is 13.0. The number of hydrogen-bond acceptors (Lipinski definition) is 4. The molecule has 4 N–H and O–H groups in total. The van der Waals surface area contributed by atoms with Crippen LogP contribution in [0.3, 0.4) is 0 Å². The van der Waals surface area contributed by atoms with E-state index in [2.05, 4.69) is 0 Å². The number of aromatic hydroxyl groups is 1. The van der Waals surface area contributed by atoms with Gasteiger partial charge in [-0.2, -0.15) is 0 Å². The number of aliphatic hydroxyl groups is 1. The van der Waals surface area contributed by atoms with Crippen molar-refractivity contribution in [2.75, 3.05) is 13.7 Å². The molecule has 0 unspecified atom stereocenters. The van der Waals surface area contributed by atoms with Crippen molar-refractivity contribution in [3.8, 4) is 11.5 Å². The molecule has 1 atom stereocenters. The van der Waals surface area contributed by atoms with Gasteiger partial charge in [-0.1, -0.05) is 6.07 Å². The Morgan fingerprint density at radius 3 is 2.64 bits per heavy atom. The summed E-state index contributed by atoms with van der Waals surface area (Å²) < 4.78 is 4.89. The second-order valence-corrected chi connectivity index (χ2v) is 2.72. The Hall–Kier alpha value is -0.970. The number of phenolic OH excluding ortho intramolecular Hbond substituents is 1. The van der Waals surface area contributed by atoms with Gasteiger partial charge in [0, 0.05) is 0 Å². The summed E-state index contributed by atoms with van der Waals surface area (Å²) >= 11 is 0. The van der Waals surface area contributed by atoms with Gasteiger partial charge < -0.3 is 20.7 Å². The molecule has 0 aliphatic rings. The maximum Gasteiger partial charge on any atom is 0.160 e. The third-order valence-electron chi connectivity index (χ3n) is 1.83. The van der Waals surface area contributed by atoms with Crippen LogP contribution in [-0.4, -0.2) is 23.9 Å². The number of aliphatic hydroxyl groups excluding tert-OH is 1. The zero-order chi connectivity index (χ0) is 9.84. The molecule has 1 rings (SSSR count). The first-order valence-electron chi connectivity index (χ1n) is 3.92. The van der Waals surface area contributed by atoms with Crippen molar-refractivity contribution in [2.45, 2.75) is 6.04 Å². The van der Waals surface area contributed by atoms with Gasteiger partial charge in [-0.15, -0.1) is 12.4 Å². The van der Waals surface area contributed by atoms with Gasteiger partial charge >= 0.3 is 0 Å². The minimum atomic E-state index is -0.436. The lowest BCUT2D eigenvalue weighted by Gasteiger charge is -2.10. The molecule has 0 aromatic heterocycles. The molecule has 0 aliphatic heterocycles. The number of benzene rings is 1. The van der Waals surface area contributed by atoms with Gasteiger partial charge in [-0.05, 0) is 17.7 Å². The van der Waals surface area contributed by atoms with Gasteiger partial charge in [-0.25, -0.2) is 0 Å². The average Bonchev–Trinajstić information content (AvgIpc) is 2.17. The van der Waals surface area contributed by atoms with Crippen LogP contribution in [0.2, 0.25) is 0 Å². The zero-order valence-corrected chi connectivity index (χ0v) is 8.62. The summed E-state index contributed by atoms with van der Waals surface area (Å²) in [6.07, 6.45) is 0. The molecule has 4 nitrogen and oxygen atoms in total. The van der Waals surface area contributed by atoms with Gasteiger partial charge in [0.05, 0.1) is 19.8 Å². The highest BCUT2D eigenvalue weighted by molar-refractivity contribution is 5.85. The third kappa shape index (κ3) is 2.77. The maximum absolute atomic E-state index is 9.26. The van der Waals surface area contributed by atoms with E-state index in [1.165, 1.54) is 13.2 Å². The Morgan fingerprint density at radius 1 is 1.50 bits per heavy atom. The average molecular weight is 220 g/mol. The number of methoxy groups -OCH3 is 1. The fourth-order valence-electron chi connectivity index (χ4n) is 1.03.